The fraction of sp³-hybridized carbons (Fsp3) is 1.00. The lowest BCUT2D eigenvalue weighted by Crippen LogP contribution is -2.42. The second-order valence-electron chi connectivity index (χ2n) is 8.02. The van der Waals surface area contributed by atoms with Crippen molar-refractivity contribution in [2.75, 3.05) is 31.9 Å². The van der Waals surface area contributed by atoms with Crippen LogP contribution in [0, 0.1) is 17.3 Å². The Hall–Kier alpha value is -0.130. The lowest BCUT2D eigenvalue weighted by atomic mass is 9.94. The summed E-state index contributed by atoms with van der Waals surface area (Å²) in [5, 5.41) is 3.49. The average Bonchev–Trinajstić information content (AvgIpc) is 2.36. The van der Waals surface area contributed by atoms with Crippen LogP contribution in [0.4, 0.5) is 0 Å². The van der Waals surface area contributed by atoms with Gasteiger partial charge in [0.05, 0.1) is 5.75 Å². The van der Waals surface area contributed by atoms with Gasteiger partial charge in [0.15, 0.2) is 0 Å². The molecular formula is C16H34N2O2S. The maximum absolute atomic E-state index is 12.4. The molecular weight excluding hydrogens is 284 g/mol. The van der Waals surface area contributed by atoms with Crippen LogP contribution in [0.1, 0.15) is 53.9 Å². The summed E-state index contributed by atoms with van der Waals surface area (Å²) < 4.78 is 26.4. The molecule has 1 aliphatic heterocycles. The van der Waals surface area contributed by atoms with E-state index in [0.29, 0.717) is 24.9 Å². The number of piperidine rings is 1. The lowest BCUT2D eigenvalue weighted by molar-refractivity contribution is 0.264. The quantitative estimate of drug-likeness (QED) is 0.785. The molecule has 5 heteroatoms. The second-order valence-corrected chi connectivity index (χ2v) is 10.1. The van der Waals surface area contributed by atoms with E-state index in [2.05, 4.69) is 39.9 Å². The molecule has 1 heterocycles. The van der Waals surface area contributed by atoms with Gasteiger partial charge < -0.3 is 5.32 Å². The molecule has 0 radical (unpaired) electrons. The molecule has 1 aliphatic rings. The number of hydrogen-bond acceptors (Lipinski definition) is 3. The van der Waals surface area contributed by atoms with E-state index < -0.39 is 10.0 Å². The molecule has 1 N–H and O–H groups in total. The number of hydrogen-bond donors (Lipinski definition) is 1. The van der Waals surface area contributed by atoms with Crippen molar-refractivity contribution in [2.45, 2.75) is 53.9 Å². The molecule has 0 atom stereocenters. The Kier molecular flexibility index (Phi) is 7.14. The summed E-state index contributed by atoms with van der Waals surface area (Å²) in [7, 11) is -3.06. The van der Waals surface area contributed by atoms with E-state index in [-0.39, 0.29) is 11.2 Å². The van der Waals surface area contributed by atoms with Gasteiger partial charge in [-0.05, 0) is 49.6 Å². The first-order valence-electron chi connectivity index (χ1n) is 8.29. The van der Waals surface area contributed by atoms with Crippen LogP contribution in [0.25, 0.3) is 0 Å². The molecule has 126 valence electrons. The highest BCUT2D eigenvalue weighted by atomic mass is 32.2. The van der Waals surface area contributed by atoms with Crippen molar-refractivity contribution in [2.24, 2.45) is 17.3 Å². The van der Waals surface area contributed by atoms with Crippen molar-refractivity contribution in [3.8, 4) is 0 Å². The number of sulfonamides is 1. The normalized spacial score (nSPS) is 19.3. The molecule has 0 bridgehead atoms. The number of nitrogens with one attached hydrogen (secondary N) is 1. The summed E-state index contributed by atoms with van der Waals surface area (Å²) in [6, 6.07) is 0. The van der Waals surface area contributed by atoms with E-state index in [0.717, 1.165) is 32.4 Å². The van der Waals surface area contributed by atoms with Crippen molar-refractivity contribution in [1.82, 2.24) is 9.62 Å². The van der Waals surface area contributed by atoms with Gasteiger partial charge in [-0.2, -0.15) is 0 Å². The highest BCUT2D eigenvalue weighted by Crippen LogP contribution is 2.23. The predicted molar refractivity (Wildman–Crippen MR) is 89.9 cm³/mol. The fourth-order valence-corrected chi connectivity index (χ4v) is 4.43. The SMILES string of the molecule is CC(C)CNCC1CCN(S(=O)(=O)CCC(C)(C)C)CC1. The zero-order valence-electron chi connectivity index (χ0n) is 14.5. The van der Waals surface area contributed by atoms with Crippen molar-refractivity contribution >= 4 is 10.0 Å². The molecule has 0 amide bonds. The van der Waals surface area contributed by atoms with Gasteiger partial charge in [0.25, 0.3) is 0 Å². The maximum atomic E-state index is 12.4. The van der Waals surface area contributed by atoms with Gasteiger partial charge in [-0.1, -0.05) is 34.6 Å². The first-order valence-corrected chi connectivity index (χ1v) is 9.89. The minimum absolute atomic E-state index is 0.0756. The summed E-state index contributed by atoms with van der Waals surface area (Å²) in [6.45, 7) is 14.1. The highest BCUT2D eigenvalue weighted by molar-refractivity contribution is 7.89. The second kappa shape index (κ2) is 7.93. The van der Waals surface area contributed by atoms with Crippen LogP contribution in [0.3, 0.4) is 0 Å². The largest absolute Gasteiger partial charge is 0.316 e. The third-order valence-corrected chi connectivity index (χ3v) is 5.93. The minimum atomic E-state index is -3.06. The molecule has 1 saturated heterocycles. The molecule has 0 aromatic carbocycles. The van der Waals surface area contributed by atoms with Crippen molar-refractivity contribution < 1.29 is 8.42 Å². The molecule has 0 unspecified atom stereocenters. The summed E-state index contributed by atoms with van der Waals surface area (Å²) in [5.41, 5.74) is 0.0756. The number of rotatable bonds is 7. The third-order valence-electron chi connectivity index (χ3n) is 4.06. The average molecular weight is 319 g/mol. The molecule has 0 aliphatic carbocycles. The Morgan fingerprint density at radius 1 is 1.19 bits per heavy atom. The van der Waals surface area contributed by atoms with Gasteiger partial charge in [0, 0.05) is 13.1 Å². The molecule has 0 aromatic rings. The zero-order chi connectivity index (χ0) is 16.1. The minimum Gasteiger partial charge on any atom is -0.316 e. The van der Waals surface area contributed by atoms with Crippen LogP contribution in [-0.4, -0.2) is 44.7 Å². The Balaban J connectivity index is 2.34. The third kappa shape index (κ3) is 7.61. The van der Waals surface area contributed by atoms with Gasteiger partial charge in [0.2, 0.25) is 10.0 Å². The Labute approximate surface area is 131 Å². The van der Waals surface area contributed by atoms with E-state index >= 15 is 0 Å². The lowest BCUT2D eigenvalue weighted by Gasteiger charge is -2.32. The summed E-state index contributed by atoms with van der Waals surface area (Å²) in [4.78, 5) is 0. The van der Waals surface area contributed by atoms with E-state index in [1.54, 1.807) is 4.31 Å². The predicted octanol–water partition coefficient (Wildman–Crippen LogP) is 2.71. The van der Waals surface area contributed by atoms with E-state index in [1.165, 1.54) is 0 Å². The fourth-order valence-electron chi connectivity index (χ4n) is 2.53. The molecule has 21 heavy (non-hydrogen) atoms. The summed E-state index contributed by atoms with van der Waals surface area (Å²) in [6.07, 6.45) is 2.70. The van der Waals surface area contributed by atoms with E-state index in [4.69, 9.17) is 0 Å². The van der Waals surface area contributed by atoms with Crippen LogP contribution in [-0.2, 0) is 10.0 Å². The standard InChI is InChI=1S/C16H34N2O2S/c1-14(2)12-17-13-15-6-9-18(10-7-15)21(19,20)11-8-16(3,4)5/h14-15,17H,6-13H2,1-5H3. The smallest absolute Gasteiger partial charge is 0.214 e. The number of nitrogens with zero attached hydrogens (tertiary/aromatic N) is 1. The molecule has 1 fully saturated rings. The Morgan fingerprint density at radius 2 is 1.76 bits per heavy atom. The van der Waals surface area contributed by atoms with Crippen LogP contribution in [0.2, 0.25) is 0 Å². The Morgan fingerprint density at radius 3 is 2.24 bits per heavy atom. The van der Waals surface area contributed by atoms with E-state index in [1.807, 2.05) is 0 Å². The van der Waals surface area contributed by atoms with Gasteiger partial charge in [-0.3, -0.25) is 0 Å². The van der Waals surface area contributed by atoms with Gasteiger partial charge in [0.1, 0.15) is 0 Å². The molecule has 1 rings (SSSR count). The van der Waals surface area contributed by atoms with E-state index in [9.17, 15) is 8.42 Å². The van der Waals surface area contributed by atoms with Crippen LogP contribution in [0.5, 0.6) is 0 Å². The first-order chi connectivity index (χ1) is 9.60. The van der Waals surface area contributed by atoms with Crippen LogP contribution >= 0.6 is 0 Å². The first kappa shape index (κ1) is 18.9. The van der Waals surface area contributed by atoms with Gasteiger partial charge in [-0.15, -0.1) is 0 Å². The van der Waals surface area contributed by atoms with Crippen molar-refractivity contribution in [1.29, 1.82) is 0 Å². The Bertz CT molecular complexity index is 391. The summed E-state index contributed by atoms with van der Waals surface area (Å²) >= 11 is 0. The zero-order valence-corrected chi connectivity index (χ0v) is 15.3. The topological polar surface area (TPSA) is 49.4 Å². The van der Waals surface area contributed by atoms with Crippen molar-refractivity contribution in [3.05, 3.63) is 0 Å². The van der Waals surface area contributed by atoms with Crippen LogP contribution < -0.4 is 5.32 Å². The molecule has 0 saturated carbocycles. The summed E-state index contributed by atoms with van der Waals surface area (Å²) in [5.74, 6) is 1.58. The van der Waals surface area contributed by atoms with Gasteiger partial charge in [-0.25, -0.2) is 12.7 Å². The molecule has 4 nitrogen and oxygen atoms in total. The monoisotopic (exact) mass is 318 g/mol. The van der Waals surface area contributed by atoms with Gasteiger partial charge >= 0.3 is 0 Å². The van der Waals surface area contributed by atoms with Crippen LogP contribution in [0.15, 0.2) is 0 Å². The molecule has 0 aromatic heterocycles. The van der Waals surface area contributed by atoms with Crippen molar-refractivity contribution in [3.63, 3.8) is 0 Å². The maximum Gasteiger partial charge on any atom is 0.214 e. The molecule has 0 spiro atoms. The highest BCUT2D eigenvalue weighted by Gasteiger charge is 2.28.